The van der Waals surface area contributed by atoms with Gasteiger partial charge in [-0.3, -0.25) is 4.79 Å². The third-order valence-corrected chi connectivity index (χ3v) is 8.42. The third kappa shape index (κ3) is 9.30. The van der Waals surface area contributed by atoms with Gasteiger partial charge in [0.25, 0.3) is 0 Å². The van der Waals surface area contributed by atoms with Gasteiger partial charge in [0.1, 0.15) is 5.75 Å². The molecule has 0 bridgehead atoms. The van der Waals surface area contributed by atoms with Crippen molar-refractivity contribution < 1.29 is 27.5 Å². The number of rotatable bonds is 9. The molecule has 1 saturated carbocycles. The molecule has 2 heterocycles. The van der Waals surface area contributed by atoms with E-state index in [0.717, 1.165) is 45.0 Å². The number of methoxy groups -OCH3 is 1. The molecule has 2 fully saturated rings. The zero-order valence-corrected chi connectivity index (χ0v) is 26.3. The first-order valence-electron chi connectivity index (χ1n) is 15.4. The lowest BCUT2D eigenvalue weighted by atomic mass is 9.81. The lowest BCUT2D eigenvalue weighted by molar-refractivity contribution is -0.138. The molecule has 1 aromatic heterocycles. The monoisotopic (exact) mass is 618 g/mol. The molecule has 1 saturated heterocycles. The number of halogens is 3. The Hall–Kier alpha value is -3.41. The van der Waals surface area contributed by atoms with Crippen LogP contribution in [0.25, 0.3) is 0 Å². The van der Waals surface area contributed by atoms with Crippen molar-refractivity contribution in [1.82, 2.24) is 25.5 Å². The van der Waals surface area contributed by atoms with Crippen LogP contribution in [-0.4, -0.2) is 65.5 Å². The number of likely N-dealkylation sites (tertiary alicyclic amines) is 1. The van der Waals surface area contributed by atoms with Crippen LogP contribution in [0.1, 0.15) is 87.3 Å². The molecule has 1 aliphatic carbocycles. The van der Waals surface area contributed by atoms with Gasteiger partial charge < -0.3 is 25.6 Å². The van der Waals surface area contributed by atoms with Crippen molar-refractivity contribution >= 4 is 23.5 Å². The Morgan fingerprint density at radius 1 is 1.07 bits per heavy atom. The summed E-state index contributed by atoms with van der Waals surface area (Å²) >= 11 is 0. The average Bonchev–Trinajstić information content (AvgIpc) is 2.94. The van der Waals surface area contributed by atoms with Gasteiger partial charge in [0, 0.05) is 29.8 Å². The first kappa shape index (κ1) is 33.5. The maximum Gasteiger partial charge on any atom is 0.419 e. The van der Waals surface area contributed by atoms with Crippen molar-refractivity contribution in [3.8, 4) is 5.75 Å². The van der Waals surface area contributed by atoms with Crippen molar-refractivity contribution in [2.45, 2.75) is 89.9 Å². The summed E-state index contributed by atoms with van der Waals surface area (Å²) in [6.45, 7) is 7.56. The minimum absolute atomic E-state index is 0.0116. The van der Waals surface area contributed by atoms with Crippen LogP contribution in [0.15, 0.2) is 24.4 Å². The second-order valence-corrected chi connectivity index (χ2v) is 13.2. The van der Waals surface area contributed by atoms with Crippen LogP contribution in [0.5, 0.6) is 5.75 Å². The van der Waals surface area contributed by atoms with Crippen molar-refractivity contribution in [2.24, 2.45) is 11.8 Å². The maximum absolute atomic E-state index is 14.0. The topological polar surface area (TPSA) is 108 Å². The first-order valence-corrected chi connectivity index (χ1v) is 15.4. The van der Waals surface area contributed by atoms with E-state index < -0.39 is 17.3 Å². The van der Waals surface area contributed by atoms with E-state index in [1.807, 2.05) is 20.8 Å². The Balaban J connectivity index is 1.52. The van der Waals surface area contributed by atoms with Gasteiger partial charge in [-0.2, -0.15) is 13.2 Å². The predicted molar refractivity (Wildman–Crippen MR) is 163 cm³/mol. The van der Waals surface area contributed by atoms with Crippen molar-refractivity contribution in [3.63, 3.8) is 0 Å². The third-order valence-electron chi connectivity index (χ3n) is 8.42. The summed E-state index contributed by atoms with van der Waals surface area (Å²) < 4.78 is 47.7. The number of hydrogen-bond acceptors (Lipinski definition) is 7. The van der Waals surface area contributed by atoms with Gasteiger partial charge in [-0.15, -0.1) is 0 Å². The van der Waals surface area contributed by atoms with Crippen LogP contribution in [0, 0.1) is 11.8 Å². The lowest BCUT2D eigenvalue weighted by Gasteiger charge is -2.33. The number of ketones is 1. The fourth-order valence-corrected chi connectivity index (χ4v) is 6.04. The first-order chi connectivity index (χ1) is 20.7. The van der Waals surface area contributed by atoms with E-state index in [2.05, 4.69) is 37.9 Å². The second kappa shape index (κ2) is 14.1. The number of nitrogens with one attached hydrogen (secondary N) is 3. The smallest absolute Gasteiger partial charge is 0.419 e. The summed E-state index contributed by atoms with van der Waals surface area (Å²) in [5, 5.41) is 8.84. The molecular weight excluding hydrogens is 573 g/mol. The number of piperidine rings is 1. The lowest BCUT2D eigenvalue weighted by Crippen LogP contribution is -2.52. The van der Waals surface area contributed by atoms with Crippen LogP contribution < -0.4 is 20.7 Å². The van der Waals surface area contributed by atoms with E-state index in [-0.39, 0.29) is 41.8 Å². The quantitative estimate of drug-likeness (QED) is 0.281. The van der Waals surface area contributed by atoms with E-state index in [4.69, 9.17) is 4.74 Å². The van der Waals surface area contributed by atoms with Gasteiger partial charge in [0.05, 0.1) is 24.1 Å². The zero-order chi connectivity index (χ0) is 32.1. The largest absolute Gasteiger partial charge is 0.495 e. The van der Waals surface area contributed by atoms with Crippen LogP contribution >= 0.6 is 0 Å². The molecular formula is C32H45F3N6O3. The molecule has 0 radical (unpaired) electrons. The Morgan fingerprint density at radius 3 is 2.43 bits per heavy atom. The van der Waals surface area contributed by atoms with Gasteiger partial charge in [0.15, 0.2) is 5.78 Å². The summed E-state index contributed by atoms with van der Waals surface area (Å²) in [6.07, 6.45) is 1.72. The molecule has 2 atom stereocenters. The molecule has 0 unspecified atom stereocenters. The van der Waals surface area contributed by atoms with E-state index in [1.54, 1.807) is 18.2 Å². The molecule has 3 N–H and O–H groups in total. The van der Waals surface area contributed by atoms with Gasteiger partial charge in [0.2, 0.25) is 5.95 Å². The molecule has 9 nitrogen and oxygen atoms in total. The van der Waals surface area contributed by atoms with E-state index in [1.165, 1.54) is 7.11 Å². The molecule has 242 valence electrons. The molecule has 1 aliphatic heterocycles. The number of benzene rings is 1. The number of alkyl halides is 3. The molecule has 4 rings (SSSR count). The number of amides is 2. The van der Waals surface area contributed by atoms with E-state index >= 15 is 0 Å². The van der Waals surface area contributed by atoms with Crippen molar-refractivity contribution in [3.05, 3.63) is 41.2 Å². The van der Waals surface area contributed by atoms with Crippen molar-refractivity contribution in [1.29, 1.82) is 0 Å². The number of anilines is 2. The molecule has 2 aliphatic rings. The fourth-order valence-electron chi connectivity index (χ4n) is 6.04. The highest BCUT2D eigenvalue weighted by atomic mass is 19.4. The zero-order valence-electron chi connectivity index (χ0n) is 26.3. The summed E-state index contributed by atoms with van der Waals surface area (Å²) in [7, 11) is 3.55. The maximum atomic E-state index is 14.0. The Labute approximate surface area is 257 Å². The number of carbonyl (C=O) groups is 2. The minimum atomic E-state index is -4.64. The Morgan fingerprint density at radius 2 is 1.77 bits per heavy atom. The highest BCUT2D eigenvalue weighted by Gasteiger charge is 2.37. The van der Waals surface area contributed by atoms with Crippen LogP contribution in [0.2, 0.25) is 0 Å². The minimum Gasteiger partial charge on any atom is -0.495 e. The predicted octanol–water partition coefficient (Wildman–Crippen LogP) is 6.36. The molecule has 44 heavy (non-hydrogen) atoms. The van der Waals surface area contributed by atoms with Crippen LogP contribution in [0.3, 0.4) is 0 Å². The summed E-state index contributed by atoms with van der Waals surface area (Å²) in [4.78, 5) is 36.1. The number of ether oxygens (including phenoxy) is 1. The Kier molecular flexibility index (Phi) is 10.8. The standard InChI is InChI=1S/C32H45F3N6O3/c1-31(2,3)40-30(43)39-24-9-7-6-8-21(24)17-26-23(32(33,34)35)19-36-29(38-26)37-25-11-10-22(18-28(25)44-5)27(42)16-20-12-14-41(4)15-13-20/h10-11,18-21,24H,6-9,12-17H2,1-5H3,(H,36,37,38)(H2,39,40,43)/t21-,24+/m0/s1. The number of hydrogen-bond donors (Lipinski definition) is 3. The van der Waals surface area contributed by atoms with Crippen molar-refractivity contribution in [2.75, 3.05) is 32.6 Å². The molecule has 1 aromatic carbocycles. The number of aromatic nitrogens is 2. The van der Waals surface area contributed by atoms with Gasteiger partial charge >= 0.3 is 12.2 Å². The van der Waals surface area contributed by atoms with E-state index in [0.29, 0.717) is 42.2 Å². The number of Topliss-reactive ketones (excluding diaryl/α,β-unsaturated/α-hetero) is 1. The normalized spacial score (nSPS) is 20.2. The molecule has 0 spiro atoms. The molecule has 2 amide bonds. The summed E-state index contributed by atoms with van der Waals surface area (Å²) in [5.74, 6) is 0.508. The van der Waals surface area contributed by atoms with Gasteiger partial charge in [-0.25, -0.2) is 14.8 Å². The molecule has 2 aromatic rings. The van der Waals surface area contributed by atoms with Crippen LogP contribution in [0.4, 0.5) is 29.6 Å². The van der Waals surface area contributed by atoms with Gasteiger partial charge in [-0.05, 0) is 103 Å². The highest BCUT2D eigenvalue weighted by Crippen LogP contribution is 2.36. The van der Waals surface area contributed by atoms with Gasteiger partial charge in [-0.1, -0.05) is 12.8 Å². The average molecular weight is 619 g/mol. The van der Waals surface area contributed by atoms with E-state index in [9.17, 15) is 22.8 Å². The number of carbonyl (C=O) groups excluding carboxylic acids is 2. The van der Waals surface area contributed by atoms with Crippen LogP contribution in [-0.2, 0) is 12.6 Å². The SMILES string of the molecule is COc1cc(C(=O)CC2CCN(C)CC2)ccc1Nc1ncc(C(F)(F)F)c(C[C@@H]2CCCC[C@H]2NC(=O)NC(C)(C)C)n1. The second-order valence-electron chi connectivity index (χ2n) is 13.2. The number of urea groups is 1. The summed E-state index contributed by atoms with van der Waals surface area (Å²) in [6, 6.07) is 4.38. The molecule has 12 heteroatoms. The Bertz CT molecular complexity index is 1310. The highest BCUT2D eigenvalue weighted by molar-refractivity contribution is 5.97. The fraction of sp³-hybridized carbons (Fsp3) is 0.625. The number of nitrogens with zero attached hydrogens (tertiary/aromatic N) is 3. The summed E-state index contributed by atoms with van der Waals surface area (Å²) in [5.41, 5.74) is -0.511.